The van der Waals surface area contributed by atoms with Crippen LogP contribution in [-0.2, 0) is 11.3 Å². The third-order valence-corrected chi connectivity index (χ3v) is 3.70. The Kier molecular flexibility index (Phi) is 3.18. The molecule has 1 aliphatic rings. The van der Waals surface area contributed by atoms with Crippen molar-refractivity contribution in [3.8, 4) is 0 Å². The van der Waals surface area contributed by atoms with E-state index in [-0.39, 0.29) is 11.7 Å². The van der Waals surface area contributed by atoms with Gasteiger partial charge in [-0.1, -0.05) is 15.9 Å². The minimum absolute atomic E-state index is 0.00278. The zero-order valence-electron chi connectivity index (χ0n) is 9.80. The van der Waals surface area contributed by atoms with Gasteiger partial charge < -0.3 is 4.74 Å². The molecule has 0 saturated carbocycles. The first-order chi connectivity index (χ1) is 8.74. The normalized spacial score (nSPS) is 19.5. The lowest BCUT2D eigenvalue weighted by molar-refractivity contribution is 0.0960. The van der Waals surface area contributed by atoms with Crippen LogP contribution in [0.4, 0.5) is 0 Å². The molecular weight excluding hydrogens is 296 g/mol. The highest BCUT2D eigenvalue weighted by atomic mass is 79.9. The molecule has 5 heteroatoms. The SMILES string of the molecule is O=c1c2ccc(Br)cc2ncn1CC1CCCO1. The molecule has 0 radical (unpaired) electrons. The molecule has 3 rings (SSSR count). The average molecular weight is 309 g/mol. The summed E-state index contributed by atoms with van der Waals surface area (Å²) in [6.07, 6.45) is 3.86. The molecule has 18 heavy (non-hydrogen) atoms. The number of hydrogen-bond donors (Lipinski definition) is 0. The van der Waals surface area contributed by atoms with Gasteiger partial charge in [0.25, 0.3) is 5.56 Å². The second kappa shape index (κ2) is 4.82. The molecule has 0 N–H and O–H groups in total. The van der Waals surface area contributed by atoms with Crippen molar-refractivity contribution in [1.29, 1.82) is 0 Å². The molecule has 1 atom stereocenters. The highest BCUT2D eigenvalue weighted by molar-refractivity contribution is 9.10. The van der Waals surface area contributed by atoms with Crippen molar-refractivity contribution in [2.75, 3.05) is 6.61 Å². The molecular formula is C13H13BrN2O2. The van der Waals surface area contributed by atoms with Crippen molar-refractivity contribution in [3.63, 3.8) is 0 Å². The number of halogens is 1. The summed E-state index contributed by atoms with van der Waals surface area (Å²) in [6, 6.07) is 5.52. The third-order valence-electron chi connectivity index (χ3n) is 3.21. The molecule has 1 fully saturated rings. The van der Waals surface area contributed by atoms with Gasteiger partial charge in [0.05, 0.1) is 29.9 Å². The van der Waals surface area contributed by atoms with Crippen LogP contribution >= 0.6 is 15.9 Å². The molecule has 0 aliphatic carbocycles. The summed E-state index contributed by atoms with van der Waals surface area (Å²) in [5.41, 5.74) is 0.723. The Bertz CT molecular complexity index is 632. The van der Waals surface area contributed by atoms with E-state index in [1.54, 1.807) is 17.0 Å². The number of hydrogen-bond acceptors (Lipinski definition) is 3. The van der Waals surface area contributed by atoms with Crippen LogP contribution in [0.5, 0.6) is 0 Å². The molecule has 94 valence electrons. The predicted octanol–water partition coefficient (Wildman–Crippen LogP) is 2.34. The summed E-state index contributed by atoms with van der Waals surface area (Å²) >= 11 is 3.38. The lowest BCUT2D eigenvalue weighted by atomic mass is 10.2. The number of fused-ring (bicyclic) bond motifs is 1. The van der Waals surface area contributed by atoms with E-state index in [9.17, 15) is 4.79 Å². The first-order valence-corrected chi connectivity index (χ1v) is 6.79. The Balaban J connectivity index is 2.00. The second-order valence-electron chi connectivity index (χ2n) is 4.50. The Labute approximate surface area is 113 Å². The van der Waals surface area contributed by atoms with Gasteiger partial charge in [0.15, 0.2) is 0 Å². The van der Waals surface area contributed by atoms with E-state index in [0.717, 1.165) is 29.4 Å². The molecule has 2 heterocycles. The van der Waals surface area contributed by atoms with Crippen molar-refractivity contribution in [1.82, 2.24) is 9.55 Å². The molecule has 2 aromatic rings. The van der Waals surface area contributed by atoms with E-state index in [2.05, 4.69) is 20.9 Å². The maximum atomic E-state index is 12.3. The van der Waals surface area contributed by atoms with E-state index in [0.29, 0.717) is 11.9 Å². The zero-order valence-corrected chi connectivity index (χ0v) is 11.4. The van der Waals surface area contributed by atoms with Gasteiger partial charge in [0.1, 0.15) is 0 Å². The lowest BCUT2D eigenvalue weighted by Crippen LogP contribution is -2.26. The molecule has 1 aromatic carbocycles. The van der Waals surface area contributed by atoms with Crippen LogP contribution in [0.25, 0.3) is 10.9 Å². The first-order valence-electron chi connectivity index (χ1n) is 6.00. The molecule has 1 unspecified atom stereocenters. The monoisotopic (exact) mass is 308 g/mol. The van der Waals surface area contributed by atoms with Crippen LogP contribution in [0.2, 0.25) is 0 Å². The number of benzene rings is 1. The predicted molar refractivity (Wildman–Crippen MR) is 72.7 cm³/mol. The van der Waals surface area contributed by atoms with Gasteiger partial charge in [-0.3, -0.25) is 9.36 Å². The van der Waals surface area contributed by atoms with Gasteiger partial charge in [-0.05, 0) is 31.0 Å². The number of rotatable bonds is 2. The summed E-state index contributed by atoms with van der Waals surface area (Å²) in [4.78, 5) is 16.6. The summed E-state index contributed by atoms with van der Waals surface area (Å²) in [5, 5.41) is 0.652. The first kappa shape index (κ1) is 11.9. The lowest BCUT2D eigenvalue weighted by Gasteiger charge is -2.11. The average Bonchev–Trinajstić information content (AvgIpc) is 2.85. The van der Waals surface area contributed by atoms with Gasteiger partial charge in [-0.15, -0.1) is 0 Å². The van der Waals surface area contributed by atoms with E-state index >= 15 is 0 Å². The van der Waals surface area contributed by atoms with Gasteiger partial charge in [-0.25, -0.2) is 4.98 Å². The molecule has 1 saturated heterocycles. The molecule has 4 nitrogen and oxygen atoms in total. The fraction of sp³-hybridized carbons (Fsp3) is 0.385. The van der Waals surface area contributed by atoms with Crippen LogP contribution < -0.4 is 5.56 Å². The molecule has 1 aliphatic heterocycles. The van der Waals surface area contributed by atoms with E-state index in [4.69, 9.17) is 4.74 Å². The summed E-state index contributed by atoms with van der Waals surface area (Å²) in [6.45, 7) is 1.39. The van der Waals surface area contributed by atoms with E-state index in [1.807, 2.05) is 12.1 Å². The maximum Gasteiger partial charge on any atom is 0.261 e. The number of nitrogens with zero attached hydrogens (tertiary/aromatic N) is 2. The summed E-state index contributed by atoms with van der Waals surface area (Å²) in [7, 11) is 0. The van der Waals surface area contributed by atoms with Crippen LogP contribution in [0.3, 0.4) is 0 Å². The number of ether oxygens (including phenoxy) is 1. The molecule has 0 bridgehead atoms. The Morgan fingerprint density at radius 3 is 3.17 bits per heavy atom. The van der Waals surface area contributed by atoms with Gasteiger partial charge in [0, 0.05) is 11.1 Å². The second-order valence-corrected chi connectivity index (χ2v) is 5.41. The third kappa shape index (κ3) is 2.20. The minimum Gasteiger partial charge on any atom is -0.376 e. The van der Waals surface area contributed by atoms with Crippen LogP contribution in [-0.4, -0.2) is 22.3 Å². The van der Waals surface area contributed by atoms with Crippen LogP contribution in [0, 0.1) is 0 Å². The van der Waals surface area contributed by atoms with Gasteiger partial charge in [-0.2, -0.15) is 0 Å². The zero-order chi connectivity index (χ0) is 12.5. The van der Waals surface area contributed by atoms with Crippen LogP contribution in [0.1, 0.15) is 12.8 Å². The maximum absolute atomic E-state index is 12.3. The molecule has 0 spiro atoms. The van der Waals surface area contributed by atoms with Crippen molar-refractivity contribution in [2.45, 2.75) is 25.5 Å². The van der Waals surface area contributed by atoms with E-state index < -0.39 is 0 Å². The minimum atomic E-state index is 0.00278. The van der Waals surface area contributed by atoms with Crippen molar-refractivity contribution < 1.29 is 4.74 Å². The fourth-order valence-electron chi connectivity index (χ4n) is 2.27. The quantitative estimate of drug-likeness (QED) is 0.855. The standard InChI is InChI=1S/C13H13BrN2O2/c14-9-3-4-11-12(6-9)15-8-16(13(11)17)7-10-2-1-5-18-10/h3-4,6,8,10H,1-2,5,7H2. The highest BCUT2D eigenvalue weighted by Gasteiger charge is 2.17. The number of aromatic nitrogens is 2. The smallest absolute Gasteiger partial charge is 0.261 e. The largest absolute Gasteiger partial charge is 0.376 e. The summed E-state index contributed by atoms with van der Waals surface area (Å²) < 4.78 is 8.12. The summed E-state index contributed by atoms with van der Waals surface area (Å²) in [5.74, 6) is 0. The Hall–Kier alpha value is -1.20. The van der Waals surface area contributed by atoms with Gasteiger partial charge in [0.2, 0.25) is 0 Å². The van der Waals surface area contributed by atoms with Crippen LogP contribution in [0.15, 0.2) is 33.8 Å². The highest BCUT2D eigenvalue weighted by Crippen LogP contribution is 2.16. The molecule has 0 amide bonds. The Morgan fingerprint density at radius 2 is 2.39 bits per heavy atom. The topological polar surface area (TPSA) is 44.1 Å². The van der Waals surface area contributed by atoms with Gasteiger partial charge >= 0.3 is 0 Å². The fourth-order valence-corrected chi connectivity index (χ4v) is 2.62. The van der Waals surface area contributed by atoms with E-state index in [1.165, 1.54) is 0 Å². The van der Waals surface area contributed by atoms with Crippen molar-refractivity contribution in [2.24, 2.45) is 0 Å². The molecule has 1 aromatic heterocycles. The van der Waals surface area contributed by atoms with Crippen molar-refractivity contribution >= 4 is 26.8 Å². The van der Waals surface area contributed by atoms with Crippen molar-refractivity contribution in [3.05, 3.63) is 39.4 Å². The Morgan fingerprint density at radius 1 is 1.50 bits per heavy atom.